The molecule has 1 fully saturated rings. The van der Waals surface area contributed by atoms with Crippen molar-refractivity contribution in [3.05, 3.63) is 0 Å². The minimum absolute atomic E-state index is 0.214. The molecule has 0 saturated carbocycles. The van der Waals surface area contributed by atoms with E-state index >= 15 is 0 Å². The van der Waals surface area contributed by atoms with Crippen LogP contribution in [-0.4, -0.2) is 36.4 Å². The maximum absolute atomic E-state index is 11.2. The Kier molecular flexibility index (Phi) is 9.67. The molecule has 0 aliphatic carbocycles. The SMILES string of the molecule is CCCCCCCCCC(NCC1CCCO1)C(=O)O. The van der Waals surface area contributed by atoms with E-state index in [2.05, 4.69) is 12.2 Å². The third-order valence-corrected chi connectivity index (χ3v) is 4.01. The van der Waals surface area contributed by atoms with Crippen LogP contribution in [0.15, 0.2) is 0 Å². The highest BCUT2D eigenvalue weighted by Crippen LogP contribution is 2.13. The lowest BCUT2D eigenvalue weighted by Crippen LogP contribution is -2.40. The molecule has 4 heteroatoms. The van der Waals surface area contributed by atoms with Gasteiger partial charge in [0, 0.05) is 13.2 Å². The lowest BCUT2D eigenvalue weighted by molar-refractivity contribution is -0.139. The zero-order chi connectivity index (χ0) is 14.6. The Morgan fingerprint density at radius 3 is 2.55 bits per heavy atom. The summed E-state index contributed by atoms with van der Waals surface area (Å²) in [5, 5.41) is 12.4. The molecule has 1 aliphatic rings. The van der Waals surface area contributed by atoms with Crippen molar-refractivity contribution in [3.8, 4) is 0 Å². The Hall–Kier alpha value is -0.610. The summed E-state index contributed by atoms with van der Waals surface area (Å²) in [6, 6.07) is -0.408. The minimum Gasteiger partial charge on any atom is -0.480 e. The van der Waals surface area contributed by atoms with E-state index < -0.39 is 12.0 Å². The first-order valence-corrected chi connectivity index (χ1v) is 8.31. The lowest BCUT2D eigenvalue weighted by atomic mass is 10.0. The molecule has 0 aromatic rings. The number of nitrogens with one attached hydrogen (secondary N) is 1. The van der Waals surface area contributed by atoms with E-state index in [0.717, 1.165) is 38.7 Å². The zero-order valence-electron chi connectivity index (χ0n) is 12.9. The van der Waals surface area contributed by atoms with E-state index in [1.54, 1.807) is 0 Å². The van der Waals surface area contributed by atoms with Gasteiger partial charge in [0.25, 0.3) is 0 Å². The lowest BCUT2D eigenvalue weighted by Gasteiger charge is -2.17. The van der Waals surface area contributed by atoms with Crippen molar-refractivity contribution in [1.82, 2.24) is 5.32 Å². The Balaban J connectivity index is 2.04. The summed E-state index contributed by atoms with van der Waals surface area (Å²) in [6.07, 6.45) is 11.7. The largest absolute Gasteiger partial charge is 0.480 e. The van der Waals surface area contributed by atoms with Gasteiger partial charge in [0.1, 0.15) is 6.04 Å². The second-order valence-corrected chi connectivity index (χ2v) is 5.84. The van der Waals surface area contributed by atoms with E-state index in [1.807, 2.05) is 0 Å². The number of carboxylic acid groups (broad SMARTS) is 1. The monoisotopic (exact) mass is 285 g/mol. The maximum Gasteiger partial charge on any atom is 0.320 e. The summed E-state index contributed by atoms with van der Waals surface area (Å²) in [5.41, 5.74) is 0. The molecule has 0 aromatic heterocycles. The van der Waals surface area contributed by atoms with Crippen LogP contribution in [0.25, 0.3) is 0 Å². The van der Waals surface area contributed by atoms with Crippen molar-refractivity contribution in [2.24, 2.45) is 0 Å². The summed E-state index contributed by atoms with van der Waals surface area (Å²) in [5.74, 6) is -0.728. The number of hydrogen-bond donors (Lipinski definition) is 2. The molecular formula is C16H31NO3. The Morgan fingerprint density at radius 1 is 1.25 bits per heavy atom. The fourth-order valence-corrected chi connectivity index (χ4v) is 2.70. The van der Waals surface area contributed by atoms with Gasteiger partial charge in [-0.05, 0) is 19.3 Å². The van der Waals surface area contributed by atoms with Gasteiger partial charge < -0.3 is 15.2 Å². The molecule has 0 spiro atoms. The molecule has 1 heterocycles. The predicted octanol–water partition coefficient (Wildman–Crippen LogP) is 3.35. The van der Waals surface area contributed by atoms with Crippen LogP contribution in [0.2, 0.25) is 0 Å². The van der Waals surface area contributed by atoms with Gasteiger partial charge in [-0.1, -0.05) is 51.9 Å². The maximum atomic E-state index is 11.2. The molecule has 2 unspecified atom stereocenters. The van der Waals surface area contributed by atoms with Crippen LogP contribution >= 0.6 is 0 Å². The van der Waals surface area contributed by atoms with Crippen molar-refractivity contribution in [2.75, 3.05) is 13.2 Å². The highest BCUT2D eigenvalue weighted by Gasteiger charge is 2.20. The zero-order valence-corrected chi connectivity index (χ0v) is 12.9. The molecule has 0 amide bonds. The van der Waals surface area contributed by atoms with Crippen LogP contribution < -0.4 is 5.32 Å². The number of carboxylic acids is 1. The first kappa shape index (κ1) is 17.4. The number of carbonyl (C=O) groups is 1. The van der Waals surface area contributed by atoms with Gasteiger partial charge in [-0.2, -0.15) is 0 Å². The third-order valence-electron chi connectivity index (χ3n) is 4.01. The predicted molar refractivity (Wildman–Crippen MR) is 81.0 cm³/mol. The average Bonchev–Trinajstić information content (AvgIpc) is 2.93. The van der Waals surface area contributed by atoms with Gasteiger partial charge in [-0.15, -0.1) is 0 Å². The topological polar surface area (TPSA) is 58.6 Å². The van der Waals surface area contributed by atoms with Gasteiger partial charge in [0.2, 0.25) is 0 Å². The van der Waals surface area contributed by atoms with Gasteiger partial charge in [0.05, 0.1) is 6.10 Å². The van der Waals surface area contributed by atoms with Gasteiger partial charge in [-0.3, -0.25) is 4.79 Å². The fourth-order valence-electron chi connectivity index (χ4n) is 2.70. The molecule has 0 bridgehead atoms. The Bertz CT molecular complexity index is 252. The number of rotatable bonds is 12. The number of unbranched alkanes of at least 4 members (excludes halogenated alkanes) is 6. The number of aliphatic carboxylic acids is 1. The summed E-state index contributed by atoms with van der Waals surface area (Å²) < 4.78 is 5.51. The van der Waals surface area contributed by atoms with Crippen LogP contribution in [0.1, 0.15) is 71.1 Å². The third kappa shape index (κ3) is 7.85. The van der Waals surface area contributed by atoms with Crippen LogP contribution in [0, 0.1) is 0 Å². The second kappa shape index (κ2) is 11.1. The van der Waals surface area contributed by atoms with E-state index in [9.17, 15) is 9.90 Å². The van der Waals surface area contributed by atoms with Crippen LogP contribution in [0.4, 0.5) is 0 Å². The van der Waals surface area contributed by atoms with E-state index in [1.165, 1.54) is 32.1 Å². The molecule has 2 N–H and O–H groups in total. The van der Waals surface area contributed by atoms with Crippen LogP contribution in [0.5, 0.6) is 0 Å². The first-order chi connectivity index (χ1) is 9.74. The Morgan fingerprint density at radius 2 is 1.95 bits per heavy atom. The standard InChI is InChI=1S/C16H31NO3/c1-2-3-4-5-6-7-8-11-15(16(18)19)17-13-14-10-9-12-20-14/h14-15,17H,2-13H2,1H3,(H,18,19). The quantitative estimate of drug-likeness (QED) is 0.540. The van der Waals surface area contributed by atoms with Crippen LogP contribution in [-0.2, 0) is 9.53 Å². The van der Waals surface area contributed by atoms with Crippen molar-refractivity contribution >= 4 is 5.97 Å². The molecule has 1 saturated heterocycles. The molecule has 0 aromatic carbocycles. The summed E-state index contributed by atoms with van der Waals surface area (Å²) in [7, 11) is 0. The molecule has 1 rings (SSSR count). The highest BCUT2D eigenvalue weighted by atomic mass is 16.5. The first-order valence-electron chi connectivity index (χ1n) is 8.31. The highest BCUT2D eigenvalue weighted by molar-refractivity contribution is 5.73. The molecule has 118 valence electrons. The number of hydrogen-bond acceptors (Lipinski definition) is 3. The molecule has 0 radical (unpaired) electrons. The smallest absolute Gasteiger partial charge is 0.320 e. The van der Waals surface area contributed by atoms with Crippen molar-refractivity contribution in [2.45, 2.75) is 83.3 Å². The van der Waals surface area contributed by atoms with Crippen molar-refractivity contribution < 1.29 is 14.6 Å². The fraction of sp³-hybridized carbons (Fsp3) is 0.938. The van der Waals surface area contributed by atoms with Gasteiger partial charge in [0.15, 0.2) is 0 Å². The van der Waals surface area contributed by atoms with E-state index in [4.69, 9.17) is 4.74 Å². The summed E-state index contributed by atoms with van der Waals surface area (Å²) in [4.78, 5) is 11.2. The molecule has 1 aliphatic heterocycles. The normalized spacial score (nSPS) is 20.1. The number of ether oxygens (including phenoxy) is 1. The molecule has 2 atom stereocenters. The van der Waals surface area contributed by atoms with Gasteiger partial charge >= 0.3 is 5.97 Å². The Labute approximate surface area is 123 Å². The van der Waals surface area contributed by atoms with Crippen molar-refractivity contribution in [3.63, 3.8) is 0 Å². The van der Waals surface area contributed by atoms with E-state index in [0.29, 0.717) is 6.54 Å². The molecular weight excluding hydrogens is 254 g/mol. The van der Waals surface area contributed by atoms with Crippen molar-refractivity contribution in [1.29, 1.82) is 0 Å². The molecule has 20 heavy (non-hydrogen) atoms. The van der Waals surface area contributed by atoms with E-state index in [-0.39, 0.29) is 6.10 Å². The minimum atomic E-state index is -0.728. The average molecular weight is 285 g/mol. The summed E-state index contributed by atoms with van der Waals surface area (Å²) in [6.45, 7) is 3.71. The van der Waals surface area contributed by atoms with Gasteiger partial charge in [-0.25, -0.2) is 0 Å². The second-order valence-electron chi connectivity index (χ2n) is 5.84. The summed E-state index contributed by atoms with van der Waals surface area (Å²) >= 11 is 0. The molecule has 4 nitrogen and oxygen atoms in total. The van der Waals surface area contributed by atoms with Crippen LogP contribution in [0.3, 0.4) is 0 Å².